The molecular formula is C32H42BF2N4O6S. The summed E-state index contributed by atoms with van der Waals surface area (Å²) >= 11 is 0. The molecule has 249 valence electrons. The Morgan fingerprint density at radius 2 is 1.65 bits per heavy atom. The Kier molecular flexibility index (Phi) is 10.7. The standard InChI is InChI=1S/C32H42BF2N4O6S/c1-30(2,41)31(3,4)45-33-23-8-6-22(7-9-23)20-46(42,43)39-14-12-38(13-15-39)27(19-36)28(44-21-32(5)10-11-32)29(40)37-26-17-24(34)16-25(35)18-26/h6-9,16-19,36,41H,10-15,20-21H2,1-5H3,(H,37,40)/b28-27-,36-19?. The molecule has 14 heteroatoms. The number of halogens is 2. The second-order valence-electron chi connectivity index (χ2n) is 13.3. The van der Waals surface area contributed by atoms with Crippen molar-refractivity contribution in [2.45, 2.75) is 64.4 Å². The Morgan fingerprint density at radius 1 is 1.07 bits per heavy atom. The highest BCUT2D eigenvalue weighted by Crippen LogP contribution is 2.45. The molecule has 1 heterocycles. The minimum Gasteiger partial charge on any atom is -0.486 e. The maximum Gasteiger partial charge on any atom is 0.330 e. The summed E-state index contributed by atoms with van der Waals surface area (Å²) in [6.07, 6.45) is 2.82. The number of sulfonamides is 1. The van der Waals surface area contributed by atoms with Crippen LogP contribution in [0.2, 0.25) is 0 Å². The van der Waals surface area contributed by atoms with E-state index in [9.17, 15) is 27.1 Å². The van der Waals surface area contributed by atoms with E-state index in [1.165, 1.54) is 11.8 Å². The summed E-state index contributed by atoms with van der Waals surface area (Å²) in [5.41, 5.74) is -0.649. The van der Waals surface area contributed by atoms with E-state index in [1.807, 2.05) is 6.92 Å². The lowest BCUT2D eigenvalue weighted by atomic mass is 9.82. The fourth-order valence-electron chi connectivity index (χ4n) is 4.54. The zero-order valence-corrected chi connectivity index (χ0v) is 27.7. The van der Waals surface area contributed by atoms with Gasteiger partial charge in [0.05, 0.1) is 23.6 Å². The zero-order valence-electron chi connectivity index (χ0n) is 26.9. The molecule has 2 aromatic rings. The van der Waals surface area contributed by atoms with Crippen LogP contribution >= 0.6 is 0 Å². The summed E-state index contributed by atoms with van der Waals surface area (Å²) in [6, 6.07) is 9.57. The molecular weight excluding hydrogens is 617 g/mol. The first-order chi connectivity index (χ1) is 21.4. The highest BCUT2D eigenvalue weighted by Gasteiger charge is 2.39. The van der Waals surface area contributed by atoms with Gasteiger partial charge in [-0.15, -0.1) is 0 Å². The molecule has 1 saturated carbocycles. The SMILES string of the molecule is CC1(CO/C(C(=O)Nc2cc(F)cc(F)c2)=C(/C=N)N2CCN(S(=O)(=O)Cc3ccc([B]OC(C)(C)C(C)(C)O)cc3)CC2)CC1. The average molecular weight is 660 g/mol. The molecule has 0 spiro atoms. The Bertz CT molecular complexity index is 1550. The minimum absolute atomic E-state index is 0.0992. The Morgan fingerprint density at radius 3 is 2.17 bits per heavy atom. The molecule has 1 aliphatic heterocycles. The summed E-state index contributed by atoms with van der Waals surface area (Å²) in [5, 5.41) is 20.8. The molecule has 2 aliphatic rings. The molecule has 1 aliphatic carbocycles. The van der Waals surface area contributed by atoms with Gasteiger partial charge < -0.3 is 30.1 Å². The van der Waals surface area contributed by atoms with Gasteiger partial charge in [0.25, 0.3) is 5.91 Å². The summed E-state index contributed by atoms with van der Waals surface area (Å²) < 4.78 is 67.2. The number of anilines is 1. The van der Waals surface area contributed by atoms with Crippen molar-refractivity contribution in [2.75, 3.05) is 38.1 Å². The van der Waals surface area contributed by atoms with Crippen LogP contribution in [0.25, 0.3) is 0 Å². The molecule has 0 aromatic heterocycles. The number of amides is 1. The number of hydrogen-bond acceptors (Lipinski definition) is 8. The van der Waals surface area contributed by atoms with Gasteiger partial charge in [-0.2, -0.15) is 4.31 Å². The van der Waals surface area contributed by atoms with E-state index in [2.05, 4.69) is 5.32 Å². The van der Waals surface area contributed by atoms with Crippen molar-refractivity contribution < 1.29 is 36.5 Å². The van der Waals surface area contributed by atoms with E-state index in [0.717, 1.165) is 36.7 Å². The predicted octanol–water partition coefficient (Wildman–Crippen LogP) is 3.54. The van der Waals surface area contributed by atoms with E-state index < -0.39 is 38.8 Å². The lowest BCUT2D eigenvalue weighted by Gasteiger charge is -2.37. The van der Waals surface area contributed by atoms with Crippen LogP contribution in [-0.2, 0) is 30.0 Å². The maximum atomic E-state index is 13.8. The number of nitrogens with one attached hydrogen (secondary N) is 2. The molecule has 1 saturated heterocycles. The van der Waals surface area contributed by atoms with E-state index in [-0.39, 0.29) is 61.1 Å². The van der Waals surface area contributed by atoms with Gasteiger partial charge in [0.15, 0.2) is 0 Å². The molecule has 0 bridgehead atoms. The fourth-order valence-corrected chi connectivity index (χ4v) is 6.05. The predicted molar refractivity (Wildman–Crippen MR) is 173 cm³/mol. The third-order valence-corrected chi connectivity index (χ3v) is 10.5. The smallest absolute Gasteiger partial charge is 0.330 e. The van der Waals surface area contributed by atoms with Crippen molar-refractivity contribution in [3.05, 3.63) is 71.1 Å². The minimum atomic E-state index is -3.69. The van der Waals surface area contributed by atoms with Crippen molar-refractivity contribution in [1.82, 2.24) is 9.21 Å². The van der Waals surface area contributed by atoms with Gasteiger partial charge in [0, 0.05) is 49.6 Å². The van der Waals surface area contributed by atoms with Gasteiger partial charge in [-0.3, -0.25) is 4.79 Å². The van der Waals surface area contributed by atoms with E-state index in [4.69, 9.17) is 14.8 Å². The third-order valence-electron chi connectivity index (χ3n) is 8.63. The van der Waals surface area contributed by atoms with Gasteiger partial charge >= 0.3 is 7.48 Å². The number of rotatable bonds is 14. The van der Waals surface area contributed by atoms with Crippen molar-refractivity contribution in [3.8, 4) is 0 Å². The molecule has 3 N–H and O–H groups in total. The molecule has 1 amide bonds. The second-order valence-corrected chi connectivity index (χ2v) is 15.2. The van der Waals surface area contributed by atoms with Crippen LogP contribution in [0.1, 0.15) is 53.0 Å². The van der Waals surface area contributed by atoms with Gasteiger partial charge in [0.2, 0.25) is 15.8 Å². The molecule has 0 atom stereocenters. The van der Waals surface area contributed by atoms with Crippen LogP contribution in [-0.4, -0.2) is 86.3 Å². The van der Waals surface area contributed by atoms with Crippen LogP contribution in [0.4, 0.5) is 14.5 Å². The first kappa shape index (κ1) is 35.5. The Labute approximate surface area is 270 Å². The lowest BCUT2D eigenvalue weighted by Crippen LogP contribution is -2.49. The number of benzene rings is 2. The monoisotopic (exact) mass is 659 g/mol. The molecule has 10 nitrogen and oxygen atoms in total. The quantitative estimate of drug-likeness (QED) is 0.122. The molecule has 46 heavy (non-hydrogen) atoms. The van der Waals surface area contributed by atoms with Gasteiger partial charge in [-0.25, -0.2) is 17.2 Å². The summed E-state index contributed by atoms with van der Waals surface area (Å²) in [6.45, 7) is 9.73. The summed E-state index contributed by atoms with van der Waals surface area (Å²) in [4.78, 5) is 15.0. The largest absolute Gasteiger partial charge is 0.486 e. The molecule has 2 fully saturated rings. The van der Waals surface area contributed by atoms with Gasteiger partial charge in [-0.05, 0) is 58.2 Å². The van der Waals surface area contributed by atoms with Crippen molar-refractivity contribution >= 4 is 40.8 Å². The van der Waals surface area contributed by atoms with Crippen LogP contribution in [0.3, 0.4) is 0 Å². The number of allylic oxidation sites excluding steroid dienone is 1. The number of nitrogens with zero attached hydrogens (tertiary/aromatic N) is 2. The molecule has 4 rings (SSSR count). The Hall–Kier alpha value is -3.33. The number of aliphatic hydroxyl groups is 1. The fraction of sp³-hybridized carbons (Fsp3) is 0.500. The van der Waals surface area contributed by atoms with Crippen LogP contribution in [0, 0.1) is 22.5 Å². The Balaban J connectivity index is 1.42. The van der Waals surface area contributed by atoms with E-state index in [0.29, 0.717) is 11.6 Å². The summed E-state index contributed by atoms with van der Waals surface area (Å²) in [5.74, 6) is -2.86. The zero-order chi connectivity index (χ0) is 33.9. The maximum absolute atomic E-state index is 13.8. The lowest BCUT2D eigenvalue weighted by molar-refractivity contribution is -0.116. The first-order valence-corrected chi connectivity index (χ1v) is 16.7. The average Bonchev–Trinajstić information content (AvgIpc) is 3.70. The van der Waals surface area contributed by atoms with Gasteiger partial charge in [-0.1, -0.05) is 36.7 Å². The molecule has 0 unspecified atom stereocenters. The van der Waals surface area contributed by atoms with E-state index in [1.54, 1.807) is 56.9 Å². The second kappa shape index (κ2) is 13.8. The summed E-state index contributed by atoms with van der Waals surface area (Å²) in [7, 11) is -2.16. The number of ether oxygens (including phenoxy) is 1. The molecule has 1 radical (unpaired) electrons. The van der Waals surface area contributed by atoms with Crippen LogP contribution < -0.4 is 10.8 Å². The van der Waals surface area contributed by atoms with Crippen molar-refractivity contribution in [1.29, 1.82) is 5.41 Å². The number of carbonyl (C=O) groups excluding carboxylic acids is 1. The van der Waals surface area contributed by atoms with Crippen LogP contribution in [0.5, 0.6) is 0 Å². The third kappa shape index (κ3) is 9.14. The highest BCUT2D eigenvalue weighted by atomic mass is 32.2. The van der Waals surface area contributed by atoms with Crippen LogP contribution in [0.15, 0.2) is 53.9 Å². The van der Waals surface area contributed by atoms with Crippen molar-refractivity contribution in [2.24, 2.45) is 5.41 Å². The first-order valence-electron chi connectivity index (χ1n) is 15.1. The normalized spacial score (nSPS) is 17.6. The van der Waals surface area contributed by atoms with Crippen molar-refractivity contribution in [3.63, 3.8) is 0 Å². The number of hydrogen-bond donors (Lipinski definition) is 3. The number of carbonyl (C=O) groups is 1. The van der Waals surface area contributed by atoms with E-state index >= 15 is 0 Å². The highest BCUT2D eigenvalue weighted by molar-refractivity contribution is 7.88. The topological polar surface area (TPSA) is 132 Å². The van der Waals surface area contributed by atoms with Gasteiger partial charge in [0.1, 0.15) is 17.3 Å². The molecule has 2 aromatic carbocycles. The number of piperazine rings is 1.